The van der Waals surface area contributed by atoms with Gasteiger partial charge in [0.2, 0.25) is 0 Å². The molecule has 0 aliphatic rings. The van der Waals surface area contributed by atoms with E-state index >= 15 is 0 Å². The van der Waals surface area contributed by atoms with E-state index in [1.807, 2.05) is 25.1 Å². The van der Waals surface area contributed by atoms with Gasteiger partial charge in [-0.15, -0.1) is 0 Å². The summed E-state index contributed by atoms with van der Waals surface area (Å²) in [5.74, 6) is 1.15. The van der Waals surface area contributed by atoms with Gasteiger partial charge in [-0.1, -0.05) is 22.0 Å². The molecular formula is C16H15Br2FO2. The third kappa shape index (κ3) is 3.58. The molecule has 0 amide bonds. The van der Waals surface area contributed by atoms with Crippen molar-refractivity contribution in [2.45, 2.75) is 11.8 Å². The largest absolute Gasteiger partial charge is 0.496 e. The van der Waals surface area contributed by atoms with Crippen molar-refractivity contribution in [1.82, 2.24) is 0 Å². The van der Waals surface area contributed by atoms with Gasteiger partial charge in [-0.25, -0.2) is 4.39 Å². The molecule has 2 rings (SSSR count). The highest BCUT2D eigenvalue weighted by atomic mass is 79.9. The van der Waals surface area contributed by atoms with Crippen LogP contribution in [0.2, 0.25) is 0 Å². The summed E-state index contributed by atoms with van der Waals surface area (Å²) in [6.45, 7) is 1.87. The summed E-state index contributed by atoms with van der Waals surface area (Å²) >= 11 is 7.06. The van der Waals surface area contributed by atoms with Crippen molar-refractivity contribution >= 4 is 31.9 Å². The van der Waals surface area contributed by atoms with Crippen LogP contribution in [0.3, 0.4) is 0 Å². The van der Waals surface area contributed by atoms with Crippen LogP contribution in [0.1, 0.15) is 21.5 Å². The van der Waals surface area contributed by atoms with Gasteiger partial charge in [-0.3, -0.25) is 0 Å². The predicted molar refractivity (Wildman–Crippen MR) is 89.2 cm³/mol. The number of halogens is 3. The molecule has 2 aromatic rings. The molecule has 5 heteroatoms. The zero-order chi connectivity index (χ0) is 15.6. The highest BCUT2D eigenvalue weighted by Gasteiger charge is 2.19. The van der Waals surface area contributed by atoms with Gasteiger partial charge in [0.15, 0.2) is 0 Å². The van der Waals surface area contributed by atoms with Gasteiger partial charge < -0.3 is 9.47 Å². The predicted octanol–water partition coefficient (Wildman–Crippen LogP) is 5.40. The molecule has 2 aromatic carbocycles. The van der Waals surface area contributed by atoms with Crippen LogP contribution in [-0.2, 0) is 0 Å². The second-order valence-corrected chi connectivity index (χ2v) is 6.42. The Morgan fingerprint density at radius 3 is 2.24 bits per heavy atom. The van der Waals surface area contributed by atoms with Gasteiger partial charge in [0.25, 0.3) is 0 Å². The molecule has 0 heterocycles. The molecular weight excluding hydrogens is 403 g/mol. The minimum atomic E-state index is -0.252. The van der Waals surface area contributed by atoms with E-state index in [1.54, 1.807) is 14.2 Å². The van der Waals surface area contributed by atoms with E-state index in [-0.39, 0.29) is 10.6 Å². The van der Waals surface area contributed by atoms with Crippen LogP contribution in [0.25, 0.3) is 0 Å². The molecule has 0 spiro atoms. The number of hydrogen-bond acceptors (Lipinski definition) is 2. The van der Waals surface area contributed by atoms with Crippen molar-refractivity contribution in [2.24, 2.45) is 0 Å². The van der Waals surface area contributed by atoms with Gasteiger partial charge in [-0.05, 0) is 58.2 Å². The number of rotatable bonds is 4. The third-order valence-corrected chi connectivity index (χ3v) is 4.78. The third-order valence-electron chi connectivity index (χ3n) is 3.13. The molecule has 0 bridgehead atoms. The number of methoxy groups -OCH3 is 2. The summed E-state index contributed by atoms with van der Waals surface area (Å²) < 4.78 is 25.2. The lowest BCUT2D eigenvalue weighted by Gasteiger charge is -2.17. The fourth-order valence-corrected chi connectivity index (χ4v) is 3.28. The number of benzene rings is 2. The number of aryl methyl sites for hydroxylation is 1. The van der Waals surface area contributed by atoms with E-state index in [4.69, 9.17) is 9.47 Å². The first-order valence-electron chi connectivity index (χ1n) is 6.29. The Bertz CT molecular complexity index is 639. The average Bonchev–Trinajstić information content (AvgIpc) is 2.45. The van der Waals surface area contributed by atoms with Crippen molar-refractivity contribution in [3.63, 3.8) is 0 Å². The van der Waals surface area contributed by atoms with Crippen LogP contribution in [0.5, 0.6) is 11.5 Å². The Balaban J connectivity index is 2.53. The number of hydrogen-bond donors (Lipinski definition) is 0. The first kappa shape index (κ1) is 16.3. The molecule has 0 aliphatic heterocycles. The first-order valence-corrected chi connectivity index (χ1v) is 7.99. The highest BCUT2D eigenvalue weighted by Crippen LogP contribution is 2.42. The van der Waals surface area contributed by atoms with Crippen molar-refractivity contribution in [2.75, 3.05) is 14.2 Å². The Labute approximate surface area is 140 Å². The van der Waals surface area contributed by atoms with E-state index in [1.165, 1.54) is 12.1 Å². The maximum absolute atomic E-state index is 13.6. The molecule has 1 unspecified atom stereocenters. The van der Waals surface area contributed by atoms with Crippen molar-refractivity contribution < 1.29 is 13.9 Å². The smallest absolute Gasteiger partial charge is 0.133 e. The second-order valence-electron chi connectivity index (χ2n) is 4.65. The summed E-state index contributed by atoms with van der Waals surface area (Å²) in [5.41, 5.74) is 2.58. The number of alkyl halides is 1. The van der Waals surface area contributed by atoms with Gasteiger partial charge in [-0.2, -0.15) is 0 Å². The molecule has 0 fully saturated rings. The van der Waals surface area contributed by atoms with E-state index in [0.717, 1.165) is 21.2 Å². The maximum atomic E-state index is 13.6. The molecule has 0 aromatic heterocycles. The Hall–Kier alpha value is -1.07. The second kappa shape index (κ2) is 6.79. The normalized spacial score (nSPS) is 12.1. The number of ether oxygens (including phenoxy) is 2. The standard InChI is InChI=1S/C16H15Br2FO2/c1-9-4-10(6-11(19)5-9)16(18)12-7-15(21-3)13(17)8-14(12)20-2/h4-8,16H,1-3H3. The van der Waals surface area contributed by atoms with E-state index in [9.17, 15) is 4.39 Å². The average molecular weight is 418 g/mol. The van der Waals surface area contributed by atoms with E-state index in [0.29, 0.717) is 11.5 Å². The van der Waals surface area contributed by atoms with Crippen molar-refractivity contribution in [3.8, 4) is 11.5 Å². The topological polar surface area (TPSA) is 18.5 Å². The summed E-state index contributed by atoms with van der Waals surface area (Å²) in [6, 6.07) is 8.68. The van der Waals surface area contributed by atoms with Crippen LogP contribution in [0.4, 0.5) is 4.39 Å². The molecule has 0 saturated carbocycles. The lowest BCUT2D eigenvalue weighted by Crippen LogP contribution is -2.00. The zero-order valence-corrected chi connectivity index (χ0v) is 15.1. The minimum absolute atomic E-state index is 0.191. The van der Waals surface area contributed by atoms with Crippen molar-refractivity contribution in [1.29, 1.82) is 0 Å². The molecule has 0 radical (unpaired) electrons. The fourth-order valence-electron chi connectivity index (χ4n) is 2.17. The summed E-state index contributed by atoms with van der Waals surface area (Å²) in [6.07, 6.45) is 0. The van der Waals surface area contributed by atoms with Gasteiger partial charge in [0, 0.05) is 5.56 Å². The van der Waals surface area contributed by atoms with Crippen LogP contribution < -0.4 is 9.47 Å². The molecule has 0 aliphatic carbocycles. The van der Waals surface area contributed by atoms with E-state index < -0.39 is 0 Å². The minimum Gasteiger partial charge on any atom is -0.496 e. The molecule has 21 heavy (non-hydrogen) atoms. The molecule has 0 N–H and O–H groups in total. The summed E-state index contributed by atoms with van der Waals surface area (Å²) in [7, 11) is 3.21. The molecule has 112 valence electrons. The SMILES string of the molecule is COc1cc(C(Br)c2cc(C)cc(F)c2)c(OC)cc1Br. The molecule has 2 nitrogen and oxygen atoms in total. The molecule has 1 atom stereocenters. The Morgan fingerprint density at radius 1 is 1.00 bits per heavy atom. The van der Waals surface area contributed by atoms with Crippen molar-refractivity contribution in [3.05, 3.63) is 57.3 Å². The van der Waals surface area contributed by atoms with Crippen LogP contribution in [0, 0.1) is 12.7 Å². The quantitative estimate of drug-likeness (QED) is 0.620. The fraction of sp³-hybridized carbons (Fsp3) is 0.250. The van der Waals surface area contributed by atoms with E-state index in [2.05, 4.69) is 31.9 Å². The Kier molecular flexibility index (Phi) is 5.27. The zero-order valence-electron chi connectivity index (χ0n) is 11.9. The summed E-state index contributed by atoms with van der Waals surface area (Å²) in [5, 5.41) is 0. The van der Waals surface area contributed by atoms with Crippen LogP contribution in [-0.4, -0.2) is 14.2 Å². The Morgan fingerprint density at radius 2 is 1.67 bits per heavy atom. The lowest BCUT2D eigenvalue weighted by atomic mass is 10.0. The monoisotopic (exact) mass is 416 g/mol. The maximum Gasteiger partial charge on any atom is 0.133 e. The van der Waals surface area contributed by atoms with Crippen LogP contribution >= 0.6 is 31.9 Å². The molecule has 0 saturated heterocycles. The van der Waals surface area contributed by atoms with Gasteiger partial charge >= 0.3 is 0 Å². The summed E-state index contributed by atoms with van der Waals surface area (Å²) in [4.78, 5) is -0.191. The highest BCUT2D eigenvalue weighted by molar-refractivity contribution is 9.10. The van der Waals surface area contributed by atoms with Gasteiger partial charge in [0.05, 0.1) is 23.5 Å². The lowest BCUT2D eigenvalue weighted by molar-refractivity contribution is 0.397. The van der Waals surface area contributed by atoms with Crippen LogP contribution in [0.15, 0.2) is 34.8 Å². The first-order chi connectivity index (χ1) is 9.96. The van der Waals surface area contributed by atoms with Gasteiger partial charge in [0.1, 0.15) is 17.3 Å².